The van der Waals surface area contributed by atoms with E-state index in [0.29, 0.717) is 0 Å². The van der Waals surface area contributed by atoms with Crippen molar-refractivity contribution in [3.05, 3.63) is 124 Å². The summed E-state index contributed by atoms with van der Waals surface area (Å²) >= 11 is 15.9. The zero-order valence-electron chi connectivity index (χ0n) is 30.5. The molecule has 6 rings (SSSR count). The molecule has 0 unspecified atom stereocenters. The van der Waals surface area contributed by atoms with Gasteiger partial charge in [0.25, 0.3) is 0 Å². The molecule has 0 N–H and O–H groups in total. The van der Waals surface area contributed by atoms with Gasteiger partial charge in [0.1, 0.15) is 27.2 Å². The lowest BCUT2D eigenvalue weighted by molar-refractivity contribution is -0.697. The van der Waals surface area contributed by atoms with Crippen molar-refractivity contribution in [2.75, 3.05) is 24.0 Å². The topological polar surface area (TPSA) is 15.5 Å². The summed E-state index contributed by atoms with van der Waals surface area (Å²) in [6, 6.07) is 17.6. The van der Waals surface area contributed by atoms with Gasteiger partial charge in [-0.25, -0.2) is 18.3 Å². The van der Waals surface area contributed by atoms with E-state index in [1.54, 1.807) is 0 Å². The van der Waals surface area contributed by atoms with Crippen LogP contribution in [0.1, 0.15) is 25.7 Å². The standard InChI is InChI=1S/C38H44N4S8.4HI/c1-39-19-9-29(10-20-39)31-13-23-41(24-14-31)17-5-7-27-45-35-33(43-3)47-37(49-35)38-48-34(44-4)36(50-38)46-28-8-6-18-42-25-15-32(16-26-42)30-11-21-40(2)22-12-30;;;;/h9-16,19-26H,5-8,17-18,27-28H2,1-4H3;4*1H/q+4;;;;/p-4/b38-37-;;;;. The van der Waals surface area contributed by atoms with Gasteiger partial charge < -0.3 is 95.9 Å². The Hall–Kier alpha value is 1.54. The van der Waals surface area contributed by atoms with Crippen LogP contribution in [-0.4, -0.2) is 24.0 Å². The van der Waals surface area contributed by atoms with Gasteiger partial charge in [0.15, 0.2) is 49.6 Å². The Morgan fingerprint density at radius 1 is 0.426 bits per heavy atom. The number of halogens is 4. The van der Waals surface area contributed by atoms with Crippen LogP contribution >= 0.6 is 94.1 Å². The fraction of sp³-hybridized carbons (Fsp3) is 0.316. The summed E-state index contributed by atoms with van der Waals surface area (Å²) < 4.78 is 17.7. The van der Waals surface area contributed by atoms with E-state index >= 15 is 0 Å². The predicted octanol–water partition coefficient (Wildman–Crippen LogP) is -1.95. The highest BCUT2D eigenvalue weighted by Gasteiger charge is 2.30. The lowest BCUT2D eigenvalue weighted by Crippen LogP contribution is -3.00. The first-order chi connectivity index (χ1) is 24.5. The molecule has 4 aromatic heterocycles. The van der Waals surface area contributed by atoms with Crippen LogP contribution in [-0.2, 0) is 27.2 Å². The molecule has 292 valence electrons. The largest absolute Gasteiger partial charge is 1.00 e. The van der Waals surface area contributed by atoms with E-state index in [4.69, 9.17) is 0 Å². The van der Waals surface area contributed by atoms with E-state index in [1.165, 1.54) is 84.9 Å². The van der Waals surface area contributed by atoms with Crippen molar-refractivity contribution < 1.29 is 114 Å². The molecule has 0 atom stereocenters. The fourth-order valence-electron chi connectivity index (χ4n) is 5.25. The molecular weight excluding hydrogens is 1280 g/mol. The van der Waals surface area contributed by atoms with Crippen molar-refractivity contribution in [2.24, 2.45) is 14.1 Å². The van der Waals surface area contributed by atoms with Crippen LogP contribution in [0.15, 0.2) is 124 Å². The van der Waals surface area contributed by atoms with E-state index in [2.05, 4.69) is 167 Å². The van der Waals surface area contributed by atoms with Gasteiger partial charge in [0.2, 0.25) is 0 Å². The molecule has 4 nitrogen and oxygen atoms in total. The van der Waals surface area contributed by atoms with E-state index in [9.17, 15) is 0 Å². The number of hydrogen-bond donors (Lipinski definition) is 0. The maximum absolute atomic E-state index is 2.32. The normalized spacial score (nSPS) is 15.0. The Morgan fingerprint density at radius 2 is 0.722 bits per heavy atom. The van der Waals surface area contributed by atoms with Crippen molar-refractivity contribution >= 4 is 94.1 Å². The monoisotopic (exact) mass is 1320 g/mol. The van der Waals surface area contributed by atoms with Gasteiger partial charge >= 0.3 is 0 Å². The highest BCUT2D eigenvalue weighted by molar-refractivity contribution is 8.45. The minimum atomic E-state index is 0. The summed E-state index contributed by atoms with van der Waals surface area (Å²) in [7, 11) is 4.11. The van der Waals surface area contributed by atoms with E-state index in [1.807, 2.05) is 70.6 Å². The van der Waals surface area contributed by atoms with Gasteiger partial charge in [-0.3, -0.25) is 0 Å². The number of hydrogen-bond acceptors (Lipinski definition) is 8. The Labute approximate surface area is 424 Å². The second-order valence-corrected chi connectivity index (χ2v) is 21.3. The quantitative estimate of drug-likeness (QED) is 0.0724. The molecule has 0 spiro atoms. The number of nitrogens with zero attached hydrogens (tertiary/aromatic N) is 4. The molecule has 54 heavy (non-hydrogen) atoms. The van der Waals surface area contributed by atoms with Crippen LogP contribution in [0.4, 0.5) is 0 Å². The smallest absolute Gasteiger partial charge is 0.169 e. The van der Waals surface area contributed by atoms with Crippen molar-refractivity contribution in [3.8, 4) is 22.3 Å². The molecule has 4 aromatic rings. The minimum Gasteiger partial charge on any atom is -1.00 e. The van der Waals surface area contributed by atoms with Crippen molar-refractivity contribution in [2.45, 2.75) is 38.8 Å². The molecule has 6 heterocycles. The van der Waals surface area contributed by atoms with Gasteiger partial charge in [-0.15, -0.1) is 47.0 Å². The summed E-state index contributed by atoms with van der Waals surface area (Å²) in [6.07, 6.45) is 26.6. The molecule has 2 aliphatic heterocycles. The molecule has 0 saturated heterocycles. The first-order valence-electron chi connectivity index (χ1n) is 16.7. The Kier molecular flexibility index (Phi) is 26.2. The highest BCUT2D eigenvalue weighted by atomic mass is 127. The van der Waals surface area contributed by atoms with Crippen LogP contribution in [0.3, 0.4) is 0 Å². The SMILES string of the molecule is CSC1=C(SCCCC[n+]2ccc(-c3cc[n+](C)cc3)cc2)S/C(=C2/SC(SC)=C(SCCCC[n+]3ccc(-c4cc[n+](C)cc4)cc3)S2)S1.[I-].[I-].[I-].[I-]. The molecule has 2 aliphatic rings. The second-order valence-electron chi connectivity index (χ2n) is 11.8. The van der Waals surface area contributed by atoms with Crippen LogP contribution < -0.4 is 114 Å². The lowest BCUT2D eigenvalue weighted by Gasteiger charge is -2.04. The molecule has 0 amide bonds. The molecule has 0 aromatic carbocycles. The number of rotatable bonds is 16. The van der Waals surface area contributed by atoms with Crippen LogP contribution in [0, 0.1) is 0 Å². The Bertz CT molecular complexity index is 1710. The molecular formula is C38H44I4N4S8. The lowest BCUT2D eigenvalue weighted by atomic mass is 10.1. The van der Waals surface area contributed by atoms with Gasteiger partial charge in [-0.05, 0) is 59.1 Å². The zero-order valence-corrected chi connectivity index (χ0v) is 45.6. The first-order valence-corrected chi connectivity index (χ1v) is 24.3. The number of aryl methyl sites for hydroxylation is 4. The number of pyridine rings is 4. The van der Waals surface area contributed by atoms with Crippen LogP contribution in [0.2, 0.25) is 0 Å². The second kappa shape index (κ2) is 27.4. The molecule has 0 aliphatic carbocycles. The van der Waals surface area contributed by atoms with Crippen molar-refractivity contribution in [1.82, 2.24) is 0 Å². The van der Waals surface area contributed by atoms with Gasteiger partial charge in [0.05, 0.1) is 25.4 Å². The third-order valence-corrected chi connectivity index (χ3v) is 19.5. The maximum Gasteiger partial charge on any atom is 0.169 e. The first kappa shape index (κ1) is 51.7. The van der Waals surface area contributed by atoms with Gasteiger partial charge in [0, 0.05) is 61.4 Å². The summed E-state index contributed by atoms with van der Waals surface area (Å²) in [4.78, 5) is 0. The van der Waals surface area contributed by atoms with E-state index in [0.717, 1.165) is 13.1 Å². The fourth-order valence-corrected chi connectivity index (χ4v) is 16.5. The third-order valence-electron chi connectivity index (χ3n) is 8.11. The summed E-state index contributed by atoms with van der Waals surface area (Å²) in [5.74, 6) is 2.33. The summed E-state index contributed by atoms with van der Waals surface area (Å²) in [5, 5.41) is 0. The number of unbranched alkanes of at least 4 members (excludes halogenated alkanes) is 2. The number of aromatic nitrogens is 4. The molecule has 0 bridgehead atoms. The van der Waals surface area contributed by atoms with E-state index < -0.39 is 0 Å². The van der Waals surface area contributed by atoms with E-state index in [-0.39, 0.29) is 95.9 Å². The molecule has 0 radical (unpaired) electrons. The highest BCUT2D eigenvalue weighted by Crippen LogP contribution is 2.65. The van der Waals surface area contributed by atoms with Crippen LogP contribution in [0.25, 0.3) is 22.3 Å². The number of thioether (sulfide) groups is 8. The Balaban J connectivity index is 0.00000252. The Morgan fingerprint density at radius 3 is 1.04 bits per heavy atom. The molecule has 0 fully saturated rings. The minimum absolute atomic E-state index is 0. The third kappa shape index (κ3) is 15.5. The summed E-state index contributed by atoms with van der Waals surface area (Å²) in [6.45, 7) is 2.12. The van der Waals surface area contributed by atoms with Crippen LogP contribution in [0.5, 0.6) is 0 Å². The molecule has 0 saturated carbocycles. The molecule has 16 heteroatoms. The summed E-state index contributed by atoms with van der Waals surface area (Å²) in [5.41, 5.74) is 5.06. The van der Waals surface area contributed by atoms with Crippen molar-refractivity contribution in [1.29, 1.82) is 0 Å². The van der Waals surface area contributed by atoms with Gasteiger partial charge in [-0.1, -0.05) is 47.0 Å². The van der Waals surface area contributed by atoms with Gasteiger partial charge in [-0.2, -0.15) is 0 Å². The maximum atomic E-state index is 2.32. The predicted molar refractivity (Wildman–Crippen MR) is 228 cm³/mol. The van der Waals surface area contributed by atoms with Crippen molar-refractivity contribution in [3.63, 3.8) is 0 Å². The average Bonchev–Trinajstić information content (AvgIpc) is 3.76. The zero-order chi connectivity index (χ0) is 34.7. The average molecular weight is 1320 g/mol.